The molecule has 0 aromatic rings. The van der Waals surface area contributed by atoms with Gasteiger partial charge < -0.3 is 0 Å². The standard InChI is InChI=1S/C12H27P.C4H7.ClH.Pd/c1-10(2,3)13(11(4,5)6)12(7,8)9;1-3-4-2;;/h1-9H3;3-4H,1H2,2H3;1H;/q;;;+1/p-1. The number of hydrogen-bond donors (Lipinski definition) is 0. The molecule has 0 aliphatic carbocycles. The third kappa shape index (κ3) is 11.5. The predicted molar refractivity (Wildman–Crippen MR) is 91.7 cm³/mol. The summed E-state index contributed by atoms with van der Waals surface area (Å²) in [5.74, 6) is 0. The maximum atomic E-state index is 5.38. The first kappa shape index (κ1) is 22.4. The van der Waals surface area contributed by atoms with Gasteiger partial charge in [-0.1, -0.05) is 70.2 Å². The zero-order valence-corrected chi connectivity index (χ0v) is 17.7. The van der Waals surface area contributed by atoms with Gasteiger partial charge in [0.05, 0.1) is 0 Å². The van der Waals surface area contributed by atoms with Crippen molar-refractivity contribution in [2.45, 2.75) is 89.6 Å². The number of rotatable bonds is 2. The summed E-state index contributed by atoms with van der Waals surface area (Å²) >= 11 is 0.398. The molecule has 0 spiro atoms. The molecule has 0 bridgehead atoms. The van der Waals surface area contributed by atoms with Crippen molar-refractivity contribution in [3.05, 3.63) is 12.2 Å². The van der Waals surface area contributed by atoms with Gasteiger partial charge in [0.15, 0.2) is 0 Å². The molecule has 19 heavy (non-hydrogen) atoms. The van der Waals surface area contributed by atoms with Crippen LogP contribution in [0.25, 0.3) is 0 Å². The van der Waals surface area contributed by atoms with E-state index in [1.807, 2.05) is 13.0 Å². The van der Waals surface area contributed by atoms with Crippen molar-refractivity contribution in [3.8, 4) is 0 Å². The van der Waals surface area contributed by atoms with Crippen LogP contribution in [0.3, 0.4) is 0 Å². The van der Waals surface area contributed by atoms with Crippen molar-refractivity contribution in [2.75, 3.05) is 0 Å². The average molecular weight is 399 g/mol. The van der Waals surface area contributed by atoms with Crippen LogP contribution in [0.2, 0.25) is 4.89 Å². The van der Waals surface area contributed by atoms with E-state index < -0.39 is 0 Å². The molecule has 0 aliphatic rings. The second-order valence-electron chi connectivity index (χ2n) is 7.63. The number of halogens is 1. The van der Waals surface area contributed by atoms with Gasteiger partial charge in [-0.25, -0.2) is 0 Å². The molecule has 0 unspecified atom stereocenters. The fourth-order valence-corrected chi connectivity index (χ4v) is 10.00. The van der Waals surface area contributed by atoms with Crippen LogP contribution < -0.4 is 0 Å². The molecule has 0 amide bonds. The van der Waals surface area contributed by atoms with Crippen LogP contribution in [-0.4, -0.2) is 15.5 Å². The fraction of sp³-hybridized carbons (Fsp3) is 0.875. The monoisotopic (exact) mass is 398 g/mol. The quantitative estimate of drug-likeness (QED) is 0.264. The van der Waals surface area contributed by atoms with E-state index in [9.17, 15) is 0 Å². The molecule has 0 heterocycles. The fourth-order valence-electron chi connectivity index (χ4n) is 3.12. The Bertz CT molecular complexity index is 220. The van der Waals surface area contributed by atoms with E-state index in [-0.39, 0.29) is 7.92 Å². The van der Waals surface area contributed by atoms with Crippen LogP contribution in [-0.2, 0) is 17.0 Å². The van der Waals surface area contributed by atoms with E-state index in [0.29, 0.717) is 32.4 Å². The molecule has 0 fully saturated rings. The minimum atomic E-state index is 0.0162. The third-order valence-electron chi connectivity index (χ3n) is 2.37. The molecule has 0 radical (unpaired) electrons. The topological polar surface area (TPSA) is 0 Å². The van der Waals surface area contributed by atoms with E-state index in [4.69, 9.17) is 9.53 Å². The van der Waals surface area contributed by atoms with Crippen molar-refractivity contribution in [2.24, 2.45) is 0 Å². The Hall–Kier alpha value is 1.12. The molecule has 120 valence electrons. The maximum absolute atomic E-state index is 5.38. The zero-order chi connectivity index (χ0) is 15.9. The van der Waals surface area contributed by atoms with Crippen LogP contribution in [0.1, 0.15) is 69.2 Å². The van der Waals surface area contributed by atoms with Crippen LogP contribution in [0.4, 0.5) is 0 Å². The van der Waals surface area contributed by atoms with E-state index in [0.717, 1.165) is 4.89 Å². The van der Waals surface area contributed by atoms with Gasteiger partial charge in [0, 0.05) is 0 Å². The van der Waals surface area contributed by atoms with Gasteiger partial charge >= 0.3 is 50.5 Å². The van der Waals surface area contributed by atoms with Gasteiger partial charge in [0.1, 0.15) is 0 Å². The second-order valence-corrected chi connectivity index (χ2v) is 14.4. The second kappa shape index (κ2) is 9.20. The van der Waals surface area contributed by atoms with Crippen LogP contribution in [0.5, 0.6) is 0 Å². The normalized spacial score (nSPS) is 13.9. The van der Waals surface area contributed by atoms with Crippen LogP contribution in [0.15, 0.2) is 12.2 Å². The Balaban J connectivity index is 0. The predicted octanol–water partition coefficient (Wildman–Crippen LogP) is 7.08. The SMILES string of the molecule is CC(C)(C)P(C(C)(C)C)C(C)(C)C.CC=C[CH2][Pd][Cl]. The Morgan fingerprint density at radius 2 is 1.16 bits per heavy atom. The zero-order valence-electron chi connectivity index (χ0n) is 14.5. The Morgan fingerprint density at radius 3 is 1.21 bits per heavy atom. The number of allylic oxidation sites excluding steroid dienone is 2. The molecule has 0 nitrogen and oxygen atoms in total. The first-order valence-electron chi connectivity index (χ1n) is 6.83. The molecule has 3 heteroatoms. The number of hydrogen-bond acceptors (Lipinski definition) is 0. The first-order valence-corrected chi connectivity index (χ1v) is 11.3. The molecule has 0 N–H and O–H groups in total. The van der Waals surface area contributed by atoms with Crippen molar-refractivity contribution in [1.29, 1.82) is 0 Å². The molecular formula is C16H34ClPPd. The van der Waals surface area contributed by atoms with Crippen LogP contribution >= 0.6 is 17.5 Å². The molecular weight excluding hydrogens is 365 g/mol. The average Bonchev–Trinajstić information content (AvgIpc) is 2.07. The molecule has 0 rings (SSSR count). The van der Waals surface area contributed by atoms with E-state index in [1.54, 1.807) is 0 Å². The summed E-state index contributed by atoms with van der Waals surface area (Å²) in [6, 6.07) is 0. The molecule has 0 aliphatic heterocycles. The van der Waals surface area contributed by atoms with Crippen LogP contribution in [0, 0.1) is 0 Å². The Labute approximate surface area is 136 Å². The van der Waals surface area contributed by atoms with Gasteiger partial charge in [0.25, 0.3) is 0 Å². The summed E-state index contributed by atoms with van der Waals surface area (Å²) in [6.07, 6.45) is 4.09. The summed E-state index contributed by atoms with van der Waals surface area (Å²) in [5, 5.41) is 1.35. The Kier molecular flexibility index (Phi) is 10.9. The summed E-state index contributed by atoms with van der Waals surface area (Å²) < 4.78 is 0. The molecule has 0 aromatic heterocycles. The Morgan fingerprint density at radius 1 is 0.842 bits per heavy atom. The van der Waals surface area contributed by atoms with Gasteiger partial charge in [-0.15, -0.1) is 0 Å². The van der Waals surface area contributed by atoms with E-state index in [2.05, 4.69) is 68.4 Å². The van der Waals surface area contributed by atoms with Crippen molar-refractivity contribution in [3.63, 3.8) is 0 Å². The van der Waals surface area contributed by atoms with E-state index in [1.165, 1.54) is 0 Å². The first-order chi connectivity index (χ1) is 8.28. The summed E-state index contributed by atoms with van der Waals surface area (Å²) in [5.41, 5.74) is 0. The molecule has 0 aromatic carbocycles. The van der Waals surface area contributed by atoms with Crippen molar-refractivity contribution in [1.82, 2.24) is 0 Å². The summed E-state index contributed by atoms with van der Waals surface area (Å²) in [4.78, 5) is 1.05. The molecule has 0 atom stereocenters. The van der Waals surface area contributed by atoms with Crippen molar-refractivity contribution >= 4 is 17.5 Å². The van der Waals surface area contributed by atoms with Crippen molar-refractivity contribution < 1.29 is 17.0 Å². The van der Waals surface area contributed by atoms with Gasteiger partial charge in [-0.2, -0.15) is 0 Å². The van der Waals surface area contributed by atoms with Gasteiger partial charge in [-0.05, 0) is 15.5 Å². The van der Waals surface area contributed by atoms with Gasteiger partial charge in [-0.3, -0.25) is 0 Å². The molecule has 0 saturated heterocycles. The van der Waals surface area contributed by atoms with E-state index >= 15 is 0 Å². The van der Waals surface area contributed by atoms with Gasteiger partial charge in [0.2, 0.25) is 0 Å². The minimum absolute atomic E-state index is 0.0162. The molecule has 0 saturated carbocycles. The summed E-state index contributed by atoms with van der Waals surface area (Å²) in [6.45, 7) is 23.5. The summed E-state index contributed by atoms with van der Waals surface area (Å²) in [7, 11) is 5.40. The third-order valence-corrected chi connectivity index (χ3v) is 7.58.